The molecule has 142 valence electrons. The van der Waals surface area contributed by atoms with Gasteiger partial charge < -0.3 is 9.73 Å². The van der Waals surface area contributed by atoms with E-state index in [2.05, 4.69) is 10.6 Å². The van der Waals surface area contributed by atoms with E-state index in [4.69, 9.17) is 4.42 Å². The SMILES string of the molecule is CC(NC(=O)CNC(c1ccccc1)C(F)(F)F)c1cc2ccccc2o1. The lowest BCUT2D eigenvalue weighted by atomic mass is 10.1. The summed E-state index contributed by atoms with van der Waals surface area (Å²) in [6, 6.07) is 14.3. The van der Waals surface area contributed by atoms with Gasteiger partial charge in [-0.15, -0.1) is 0 Å². The highest BCUT2D eigenvalue weighted by atomic mass is 19.4. The van der Waals surface area contributed by atoms with Crippen molar-refractivity contribution in [3.05, 3.63) is 72.0 Å². The van der Waals surface area contributed by atoms with Crippen LogP contribution in [0.1, 0.15) is 30.3 Å². The molecule has 0 bridgehead atoms. The zero-order valence-corrected chi connectivity index (χ0v) is 14.6. The Morgan fingerprint density at radius 1 is 1.07 bits per heavy atom. The highest BCUT2D eigenvalue weighted by Gasteiger charge is 2.40. The Balaban J connectivity index is 1.62. The monoisotopic (exact) mass is 376 g/mol. The summed E-state index contributed by atoms with van der Waals surface area (Å²) in [6.45, 7) is 1.25. The molecule has 0 aliphatic heterocycles. The Morgan fingerprint density at radius 2 is 1.74 bits per heavy atom. The van der Waals surface area contributed by atoms with Crippen LogP contribution in [0.15, 0.2) is 65.1 Å². The van der Waals surface area contributed by atoms with Gasteiger partial charge in [-0.05, 0) is 24.6 Å². The molecule has 3 rings (SSSR count). The molecule has 0 saturated carbocycles. The first-order chi connectivity index (χ1) is 12.8. The van der Waals surface area contributed by atoms with Crippen LogP contribution < -0.4 is 10.6 Å². The molecule has 1 aromatic heterocycles. The molecule has 0 fully saturated rings. The highest BCUT2D eigenvalue weighted by molar-refractivity contribution is 5.80. The van der Waals surface area contributed by atoms with Crippen LogP contribution in [-0.4, -0.2) is 18.6 Å². The van der Waals surface area contributed by atoms with Crippen molar-refractivity contribution in [2.75, 3.05) is 6.54 Å². The summed E-state index contributed by atoms with van der Waals surface area (Å²) in [5.41, 5.74) is 0.746. The fourth-order valence-electron chi connectivity index (χ4n) is 2.84. The van der Waals surface area contributed by atoms with E-state index in [0.717, 1.165) is 5.39 Å². The Morgan fingerprint density at radius 3 is 2.41 bits per heavy atom. The first kappa shape index (κ1) is 19.0. The van der Waals surface area contributed by atoms with E-state index in [1.807, 2.05) is 24.3 Å². The van der Waals surface area contributed by atoms with Crippen molar-refractivity contribution in [2.45, 2.75) is 25.2 Å². The van der Waals surface area contributed by atoms with Gasteiger partial charge in [0.25, 0.3) is 0 Å². The number of halogens is 3. The molecule has 0 saturated heterocycles. The van der Waals surface area contributed by atoms with Crippen molar-refractivity contribution in [2.24, 2.45) is 0 Å². The smallest absolute Gasteiger partial charge is 0.407 e. The fourth-order valence-corrected chi connectivity index (χ4v) is 2.84. The molecule has 0 aliphatic rings. The third-order valence-electron chi connectivity index (χ3n) is 4.18. The zero-order chi connectivity index (χ0) is 19.4. The standard InChI is InChI=1S/C20H19F3N2O2/c1-13(17-11-15-9-5-6-10-16(15)27-17)25-18(26)12-24-19(20(21,22)23)14-7-3-2-4-8-14/h2-11,13,19,24H,12H2,1H3,(H,25,26). The lowest BCUT2D eigenvalue weighted by molar-refractivity contribution is -0.158. The zero-order valence-electron chi connectivity index (χ0n) is 14.6. The van der Waals surface area contributed by atoms with Gasteiger partial charge in [-0.25, -0.2) is 0 Å². The van der Waals surface area contributed by atoms with Crippen LogP contribution in [-0.2, 0) is 4.79 Å². The number of nitrogens with one attached hydrogen (secondary N) is 2. The molecule has 0 spiro atoms. The number of hydrogen-bond acceptors (Lipinski definition) is 3. The number of fused-ring (bicyclic) bond motifs is 1. The summed E-state index contributed by atoms with van der Waals surface area (Å²) in [5, 5.41) is 5.84. The Kier molecular flexibility index (Phi) is 5.51. The lowest BCUT2D eigenvalue weighted by Gasteiger charge is -2.22. The predicted molar refractivity (Wildman–Crippen MR) is 96.0 cm³/mol. The molecular weight excluding hydrogens is 357 g/mol. The maximum absolute atomic E-state index is 13.3. The number of alkyl halides is 3. The van der Waals surface area contributed by atoms with Crippen molar-refractivity contribution < 1.29 is 22.4 Å². The molecule has 7 heteroatoms. The van der Waals surface area contributed by atoms with E-state index in [1.54, 1.807) is 19.1 Å². The fraction of sp³-hybridized carbons (Fsp3) is 0.250. The minimum Gasteiger partial charge on any atom is -0.459 e. The lowest BCUT2D eigenvalue weighted by Crippen LogP contribution is -2.41. The molecule has 2 N–H and O–H groups in total. The first-order valence-corrected chi connectivity index (χ1v) is 8.47. The molecule has 1 amide bonds. The first-order valence-electron chi connectivity index (χ1n) is 8.47. The quantitative estimate of drug-likeness (QED) is 0.666. The molecule has 2 unspecified atom stereocenters. The van der Waals surface area contributed by atoms with Crippen LogP contribution in [0.5, 0.6) is 0 Å². The van der Waals surface area contributed by atoms with Crippen LogP contribution in [0.2, 0.25) is 0 Å². The van der Waals surface area contributed by atoms with Crippen LogP contribution in [0, 0.1) is 0 Å². The molecule has 4 nitrogen and oxygen atoms in total. The van der Waals surface area contributed by atoms with Crippen LogP contribution in [0.25, 0.3) is 11.0 Å². The van der Waals surface area contributed by atoms with Gasteiger partial charge in [0, 0.05) is 5.39 Å². The third kappa shape index (κ3) is 4.68. The van der Waals surface area contributed by atoms with Crippen molar-refractivity contribution >= 4 is 16.9 Å². The second-order valence-corrected chi connectivity index (χ2v) is 6.24. The van der Waals surface area contributed by atoms with Crippen molar-refractivity contribution in [3.8, 4) is 0 Å². The molecule has 2 atom stereocenters. The molecule has 0 radical (unpaired) electrons. The largest absolute Gasteiger partial charge is 0.459 e. The number of hydrogen-bond donors (Lipinski definition) is 2. The number of amides is 1. The maximum Gasteiger partial charge on any atom is 0.407 e. The van der Waals surface area contributed by atoms with Crippen LogP contribution >= 0.6 is 0 Å². The Labute approximate surface area is 154 Å². The molecule has 1 heterocycles. The Bertz CT molecular complexity index is 873. The minimum atomic E-state index is -4.51. The van der Waals surface area contributed by atoms with Gasteiger partial charge in [-0.1, -0.05) is 48.5 Å². The number of carbonyl (C=O) groups is 1. The van der Waals surface area contributed by atoms with Crippen molar-refractivity contribution in [1.29, 1.82) is 0 Å². The van der Waals surface area contributed by atoms with Gasteiger partial charge in [0.05, 0.1) is 12.6 Å². The average Bonchev–Trinajstić information content (AvgIpc) is 3.06. The maximum atomic E-state index is 13.3. The summed E-state index contributed by atoms with van der Waals surface area (Å²) in [6.07, 6.45) is -4.51. The number of carbonyl (C=O) groups excluding carboxylic acids is 1. The second-order valence-electron chi connectivity index (χ2n) is 6.24. The summed E-state index contributed by atoms with van der Waals surface area (Å²) < 4.78 is 45.5. The average molecular weight is 376 g/mol. The van der Waals surface area contributed by atoms with Crippen molar-refractivity contribution in [1.82, 2.24) is 10.6 Å². The van der Waals surface area contributed by atoms with E-state index < -0.39 is 30.7 Å². The Hall–Kier alpha value is -2.80. The highest BCUT2D eigenvalue weighted by Crippen LogP contribution is 2.32. The summed E-state index contributed by atoms with van der Waals surface area (Å²) in [5.74, 6) is -0.00637. The van der Waals surface area contributed by atoms with Gasteiger partial charge in [0.15, 0.2) is 0 Å². The van der Waals surface area contributed by atoms with Crippen molar-refractivity contribution in [3.63, 3.8) is 0 Å². The van der Waals surface area contributed by atoms with Crippen LogP contribution in [0.3, 0.4) is 0 Å². The number of para-hydroxylation sites is 1. The molecule has 2 aromatic carbocycles. The number of benzene rings is 2. The molecule has 3 aromatic rings. The molecular formula is C20H19F3N2O2. The van der Waals surface area contributed by atoms with E-state index in [1.165, 1.54) is 24.3 Å². The van der Waals surface area contributed by atoms with Gasteiger partial charge in [0.2, 0.25) is 5.91 Å². The normalized spacial score (nSPS) is 14.1. The summed E-state index contributed by atoms with van der Waals surface area (Å²) in [7, 11) is 0. The molecule has 27 heavy (non-hydrogen) atoms. The van der Waals surface area contributed by atoms with E-state index in [9.17, 15) is 18.0 Å². The molecule has 0 aliphatic carbocycles. The van der Waals surface area contributed by atoms with E-state index in [0.29, 0.717) is 11.3 Å². The minimum absolute atomic E-state index is 0.0585. The number of furan rings is 1. The van der Waals surface area contributed by atoms with Crippen LogP contribution in [0.4, 0.5) is 13.2 Å². The van der Waals surface area contributed by atoms with E-state index >= 15 is 0 Å². The van der Waals surface area contributed by atoms with Gasteiger partial charge in [0.1, 0.15) is 17.4 Å². The third-order valence-corrected chi connectivity index (χ3v) is 4.18. The summed E-state index contributed by atoms with van der Waals surface area (Å²) in [4.78, 5) is 12.1. The van der Waals surface area contributed by atoms with Gasteiger partial charge in [-0.2, -0.15) is 13.2 Å². The predicted octanol–water partition coefficient (Wildman–Crippen LogP) is 4.50. The topological polar surface area (TPSA) is 54.3 Å². The van der Waals surface area contributed by atoms with E-state index in [-0.39, 0.29) is 5.56 Å². The van der Waals surface area contributed by atoms with Gasteiger partial charge in [-0.3, -0.25) is 10.1 Å². The second kappa shape index (κ2) is 7.84. The van der Waals surface area contributed by atoms with Gasteiger partial charge >= 0.3 is 6.18 Å². The summed E-state index contributed by atoms with van der Waals surface area (Å²) >= 11 is 0. The number of rotatable bonds is 6.